The van der Waals surface area contributed by atoms with Gasteiger partial charge in [0.15, 0.2) is 22.8 Å². The number of amides is 2. The van der Waals surface area contributed by atoms with Crippen LogP contribution in [0.3, 0.4) is 0 Å². The number of aliphatic hydroxyl groups is 2. The van der Waals surface area contributed by atoms with Crippen molar-refractivity contribution in [3.8, 4) is 0 Å². The highest BCUT2D eigenvalue weighted by atomic mass is 32.2. The number of ether oxygens (including phenoxy) is 1. The van der Waals surface area contributed by atoms with Gasteiger partial charge >= 0.3 is 29.4 Å². The summed E-state index contributed by atoms with van der Waals surface area (Å²) in [7, 11) is -16.4. The summed E-state index contributed by atoms with van der Waals surface area (Å²) in [6.45, 7) is 3.66. The Morgan fingerprint density at radius 2 is 1.67 bits per heavy atom. The molecule has 60 heavy (non-hydrogen) atoms. The highest BCUT2D eigenvalue weighted by molar-refractivity contribution is 8.13. The number of hydrogen-bond acceptors (Lipinski definition) is 20. The molecule has 2 amide bonds. The van der Waals surface area contributed by atoms with Crippen LogP contribution in [0.2, 0.25) is 0 Å². The SMILES string of the molecule is CC(=O)CC(=O)O.CCCC(=O)SCCNC(=O)CCNC(=O)C(O)C(C)(C)COP(=O)(O)OP(=O)(O)OC[C@H]1O[C@@H](n2cnc3c(N)ncnc32)[C@H](O)[C@@H]1OP(=O)(O)O. The van der Waals surface area contributed by atoms with E-state index in [2.05, 4.69) is 34.4 Å². The lowest BCUT2D eigenvalue weighted by molar-refractivity contribution is -0.140. The highest BCUT2D eigenvalue weighted by Gasteiger charge is 2.50. The summed E-state index contributed by atoms with van der Waals surface area (Å²) in [6.07, 6.45) is -6.09. The number of nitrogens with one attached hydrogen (secondary N) is 2. The molecule has 0 saturated carbocycles. The van der Waals surface area contributed by atoms with Crippen LogP contribution in [0.4, 0.5) is 5.82 Å². The number of hydrogen-bond donors (Lipinski definition) is 10. The molecule has 3 unspecified atom stereocenters. The predicted molar refractivity (Wildman–Crippen MR) is 205 cm³/mol. The number of imidazole rings is 1. The molecule has 0 aliphatic carbocycles. The van der Waals surface area contributed by atoms with Gasteiger partial charge in [0.05, 0.1) is 19.5 Å². The number of carbonyl (C=O) groups excluding carboxylic acids is 4. The summed E-state index contributed by atoms with van der Waals surface area (Å²) in [5, 5.41) is 34.2. The molecule has 3 heterocycles. The van der Waals surface area contributed by atoms with Crippen molar-refractivity contribution in [2.24, 2.45) is 5.41 Å². The molecule has 1 saturated heterocycles. The molecule has 3 rings (SSSR count). The Labute approximate surface area is 345 Å². The minimum absolute atomic E-state index is 0.0127. The number of nitrogens with zero attached hydrogens (tertiary/aromatic N) is 4. The van der Waals surface area contributed by atoms with Crippen LogP contribution in [-0.4, -0.2) is 140 Å². The van der Waals surface area contributed by atoms with Gasteiger partial charge in [-0.05, 0) is 13.3 Å². The lowest BCUT2D eigenvalue weighted by Gasteiger charge is -2.30. The number of carbonyl (C=O) groups is 5. The second kappa shape index (κ2) is 23.2. The largest absolute Gasteiger partial charge is 0.481 e. The lowest BCUT2D eigenvalue weighted by Crippen LogP contribution is -2.46. The van der Waals surface area contributed by atoms with Crippen molar-refractivity contribution in [2.75, 3.05) is 37.8 Å². The molecular weight excluding hydrogens is 891 g/mol. The molecule has 0 bridgehead atoms. The molecule has 31 heteroatoms. The van der Waals surface area contributed by atoms with Crippen molar-refractivity contribution in [1.82, 2.24) is 30.2 Å². The van der Waals surface area contributed by atoms with Crippen LogP contribution >= 0.6 is 35.2 Å². The number of aliphatic hydroxyl groups excluding tert-OH is 2. The monoisotopic (exact) mass is 939 g/mol. The average molecular weight is 940 g/mol. The van der Waals surface area contributed by atoms with Gasteiger partial charge in [0.1, 0.15) is 48.5 Å². The van der Waals surface area contributed by atoms with Gasteiger partial charge in [0.25, 0.3) is 0 Å². The number of carboxylic acid groups (broad SMARTS) is 1. The number of aromatic nitrogens is 4. The fourth-order valence-corrected chi connectivity index (χ4v) is 8.39. The molecule has 2 aromatic rings. The number of nitrogens with two attached hydrogens (primary N) is 1. The summed E-state index contributed by atoms with van der Waals surface area (Å²) < 4.78 is 61.9. The maximum Gasteiger partial charge on any atom is 0.481 e. The summed E-state index contributed by atoms with van der Waals surface area (Å²) in [4.78, 5) is 106. The molecule has 2 aromatic heterocycles. The maximum atomic E-state index is 12.6. The third-order valence-corrected chi connectivity index (χ3v) is 11.7. The van der Waals surface area contributed by atoms with E-state index >= 15 is 0 Å². The summed E-state index contributed by atoms with van der Waals surface area (Å²) in [5.41, 5.74) is 4.27. The van der Waals surface area contributed by atoms with Crippen LogP contribution in [0.5, 0.6) is 0 Å². The normalized spacial score (nSPS) is 20.6. The Morgan fingerprint density at radius 3 is 2.25 bits per heavy atom. The van der Waals surface area contributed by atoms with E-state index in [9.17, 15) is 67.5 Å². The van der Waals surface area contributed by atoms with Gasteiger partial charge in [0, 0.05) is 37.1 Å². The van der Waals surface area contributed by atoms with Crippen LogP contribution in [0.15, 0.2) is 12.7 Å². The molecule has 1 aliphatic rings. The molecule has 340 valence electrons. The number of fused-ring (bicyclic) bond motifs is 1. The van der Waals surface area contributed by atoms with Gasteiger partial charge in [0.2, 0.25) is 11.8 Å². The fraction of sp³-hybridized carbons (Fsp3) is 0.655. The first-order valence-electron chi connectivity index (χ1n) is 17.4. The second-order valence-electron chi connectivity index (χ2n) is 13.3. The van der Waals surface area contributed by atoms with Crippen molar-refractivity contribution in [3.05, 3.63) is 12.7 Å². The summed E-state index contributed by atoms with van der Waals surface area (Å²) >= 11 is 1.09. The lowest BCUT2D eigenvalue weighted by atomic mass is 9.87. The van der Waals surface area contributed by atoms with E-state index < -0.39 is 90.5 Å². The van der Waals surface area contributed by atoms with Gasteiger partial charge in [-0.2, -0.15) is 4.31 Å². The minimum atomic E-state index is -5.56. The van der Waals surface area contributed by atoms with Gasteiger partial charge < -0.3 is 56.0 Å². The first-order valence-corrected chi connectivity index (χ1v) is 22.9. The predicted octanol–water partition coefficient (Wildman–Crippen LogP) is -0.485. The van der Waals surface area contributed by atoms with E-state index in [1.54, 1.807) is 0 Å². The number of carboxylic acids is 1. The maximum absolute atomic E-state index is 12.6. The molecule has 0 aromatic carbocycles. The van der Waals surface area contributed by atoms with E-state index in [1.165, 1.54) is 20.8 Å². The third-order valence-electron chi connectivity index (χ3n) is 7.62. The molecule has 0 spiro atoms. The number of rotatable bonds is 23. The fourth-order valence-electron chi connectivity index (χ4n) is 4.78. The number of thioether (sulfide) groups is 1. The Kier molecular flexibility index (Phi) is 20.5. The van der Waals surface area contributed by atoms with Crippen molar-refractivity contribution in [3.63, 3.8) is 0 Å². The third kappa shape index (κ3) is 18.0. The molecule has 27 nitrogen and oxygen atoms in total. The number of phosphoric ester groups is 3. The van der Waals surface area contributed by atoms with E-state index in [-0.39, 0.29) is 53.8 Å². The van der Waals surface area contributed by atoms with Gasteiger partial charge in [-0.15, -0.1) is 0 Å². The number of ketones is 1. The van der Waals surface area contributed by atoms with E-state index in [0.717, 1.165) is 35.4 Å². The Balaban J connectivity index is 0.00000162. The van der Waals surface area contributed by atoms with Crippen LogP contribution in [0.1, 0.15) is 59.6 Å². The standard InChI is InChI=1S/C25H42N7O17P3S.C4H6O3/c1-4-5-16(34)53-9-8-27-15(33)6-7-28-23(37)20(36)25(2,3)11-46-52(43,44)49-51(41,42)45-10-14-19(48-50(38,39)40)18(35)24(47-14)32-13-31-17-21(26)29-12-30-22(17)32;1-3(5)2-4(6)7/h12-14,18-20,24,35-36H,4-11H2,1-3H3,(H,27,33)(H,28,37)(H,41,42)(H,43,44)(H2,26,29,30)(H2,38,39,40);2H2,1H3,(H,6,7)/t14-,18-,19-,20?,24-;/m1./s1. The van der Waals surface area contributed by atoms with Crippen LogP contribution in [0, 0.1) is 5.41 Å². The number of Topliss-reactive ketones (excluding diaryl/α,β-unsaturated/α-hetero) is 1. The van der Waals surface area contributed by atoms with Gasteiger partial charge in [-0.3, -0.25) is 42.1 Å². The number of phosphoric acid groups is 3. The summed E-state index contributed by atoms with van der Waals surface area (Å²) in [6, 6.07) is 0. The first kappa shape index (κ1) is 52.8. The molecule has 1 fully saturated rings. The Hall–Kier alpha value is -3.30. The first-order chi connectivity index (χ1) is 27.7. The van der Waals surface area contributed by atoms with E-state index in [4.69, 9.17) is 24.6 Å². The average Bonchev–Trinajstić information content (AvgIpc) is 3.68. The smallest absolute Gasteiger partial charge is 0.481 e. The number of nitrogen functional groups attached to an aromatic ring is 1. The molecule has 0 radical (unpaired) electrons. The molecular formula is C29H48N7O20P3S. The molecule has 7 atom stereocenters. The number of aliphatic carboxylic acids is 1. The van der Waals surface area contributed by atoms with Gasteiger partial charge in [-0.1, -0.05) is 32.5 Å². The van der Waals surface area contributed by atoms with Gasteiger partial charge in [-0.25, -0.2) is 28.6 Å². The Bertz CT molecular complexity index is 1960. The quantitative estimate of drug-likeness (QED) is 0.0382. The van der Waals surface area contributed by atoms with E-state index in [0.29, 0.717) is 12.2 Å². The zero-order chi connectivity index (χ0) is 45.6. The second-order valence-corrected chi connectivity index (χ2v) is 18.7. The topological polar surface area (TPSA) is 418 Å². The zero-order valence-electron chi connectivity index (χ0n) is 32.5. The molecule has 11 N–H and O–H groups in total. The van der Waals surface area contributed by atoms with Crippen LogP contribution in [-0.2, 0) is 60.3 Å². The zero-order valence-corrected chi connectivity index (χ0v) is 36.0. The highest BCUT2D eigenvalue weighted by Crippen LogP contribution is 2.61. The van der Waals surface area contributed by atoms with Crippen molar-refractivity contribution in [1.29, 1.82) is 0 Å². The van der Waals surface area contributed by atoms with Crippen molar-refractivity contribution in [2.45, 2.75) is 84.0 Å². The van der Waals surface area contributed by atoms with Crippen molar-refractivity contribution >= 4 is 80.9 Å². The van der Waals surface area contributed by atoms with Crippen molar-refractivity contribution < 1.29 is 95.2 Å². The Morgan fingerprint density at radius 1 is 1.02 bits per heavy atom. The summed E-state index contributed by atoms with van der Waals surface area (Å²) in [5.74, 6) is -2.43. The molecule has 1 aliphatic heterocycles. The van der Waals surface area contributed by atoms with Crippen LogP contribution < -0.4 is 16.4 Å². The van der Waals surface area contributed by atoms with Crippen LogP contribution in [0.25, 0.3) is 11.2 Å². The minimum Gasteiger partial charge on any atom is -0.481 e. The van der Waals surface area contributed by atoms with E-state index in [1.807, 2.05) is 6.92 Å². The number of anilines is 1.